The standard InChI is InChI=1S/C21H38N2/c1-19(2,3)22-9-8-21(15-22)7-6-16(13-21)12-20(4,5)23-14-17-10-18(23)11-17/h16-18H,6-15H2,1-5H3. The molecule has 2 unspecified atom stereocenters. The minimum Gasteiger partial charge on any atom is -0.298 e. The molecule has 0 aromatic rings. The van der Waals surface area contributed by atoms with Crippen LogP contribution in [-0.4, -0.2) is 46.6 Å². The lowest BCUT2D eigenvalue weighted by Crippen LogP contribution is -2.46. The molecule has 3 heterocycles. The molecule has 3 saturated heterocycles. The van der Waals surface area contributed by atoms with Crippen LogP contribution in [0.25, 0.3) is 0 Å². The molecule has 5 aliphatic rings. The van der Waals surface area contributed by atoms with E-state index >= 15 is 0 Å². The van der Waals surface area contributed by atoms with Crippen LogP contribution in [0.2, 0.25) is 0 Å². The zero-order valence-corrected chi connectivity index (χ0v) is 16.2. The summed E-state index contributed by atoms with van der Waals surface area (Å²) in [5.41, 5.74) is 1.47. The number of nitrogens with zero attached hydrogens (tertiary/aromatic N) is 2. The minimum absolute atomic E-state index is 0.359. The Morgan fingerprint density at radius 3 is 2.35 bits per heavy atom. The van der Waals surface area contributed by atoms with Crippen LogP contribution >= 0.6 is 0 Å². The molecule has 2 saturated carbocycles. The lowest BCUT2D eigenvalue weighted by Gasteiger charge is -2.41. The van der Waals surface area contributed by atoms with Gasteiger partial charge in [0.2, 0.25) is 0 Å². The van der Waals surface area contributed by atoms with Gasteiger partial charge in [0.15, 0.2) is 0 Å². The van der Waals surface area contributed by atoms with E-state index < -0.39 is 0 Å². The predicted molar refractivity (Wildman–Crippen MR) is 97.6 cm³/mol. The van der Waals surface area contributed by atoms with Crippen molar-refractivity contribution in [1.82, 2.24) is 9.80 Å². The van der Waals surface area contributed by atoms with Crippen molar-refractivity contribution in [2.24, 2.45) is 17.3 Å². The fourth-order valence-electron chi connectivity index (χ4n) is 6.48. The summed E-state index contributed by atoms with van der Waals surface area (Å²) in [7, 11) is 0. The van der Waals surface area contributed by atoms with Crippen molar-refractivity contribution in [2.45, 2.75) is 96.7 Å². The molecular formula is C21H38N2. The third-order valence-electron chi connectivity index (χ3n) is 7.86. The van der Waals surface area contributed by atoms with Crippen LogP contribution in [0.3, 0.4) is 0 Å². The van der Waals surface area contributed by atoms with Crippen molar-refractivity contribution in [1.29, 1.82) is 0 Å². The second kappa shape index (κ2) is 5.21. The van der Waals surface area contributed by atoms with Crippen molar-refractivity contribution in [3.63, 3.8) is 0 Å². The summed E-state index contributed by atoms with van der Waals surface area (Å²) in [6.45, 7) is 16.3. The zero-order chi connectivity index (χ0) is 16.5. The van der Waals surface area contributed by atoms with Gasteiger partial charge in [-0.2, -0.15) is 0 Å². The van der Waals surface area contributed by atoms with Gasteiger partial charge in [0, 0.05) is 30.2 Å². The van der Waals surface area contributed by atoms with Crippen molar-refractivity contribution in [3.8, 4) is 0 Å². The molecule has 2 nitrogen and oxygen atoms in total. The number of hydrogen-bond acceptors (Lipinski definition) is 2. The van der Waals surface area contributed by atoms with Gasteiger partial charge in [-0.15, -0.1) is 0 Å². The van der Waals surface area contributed by atoms with Gasteiger partial charge in [-0.3, -0.25) is 9.80 Å². The predicted octanol–water partition coefficient (Wildman–Crippen LogP) is 4.54. The van der Waals surface area contributed by atoms with Crippen molar-refractivity contribution >= 4 is 0 Å². The van der Waals surface area contributed by atoms with E-state index in [9.17, 15) is 0 Å². The molecule has 1 spiro atoms. The highest BCUT2D eigenvalue weighted by molar-refractivity contribution is 5.05. The maximum Gasteiger partial charge on any atom is 0.0158 e. The van der Waals surface area contributed by atoms with Crippen LogP contribution in [0.5, 0.6) is 0 Å². The van der Waals surface area contributed by atoms with Gasteiger partial charge < -0.3 is 0 Å². The van der Waals surface area contributed by atoms with Crippen molar-refractivity contribution in [3.05, 3.63) is 0 Å². The third kappa shape index (κ3) is 2.88. The first-order valence-electron chi connectivity index (χ1n) is 10.2. The summed E-state index contributed by atoms with van der Waals surface area (Å²) >= 11 is 0. The van der Waals surface area contributed by atoms with Gasteiger partial charge in [0.1, 0.15) is 0 Å². The summed E-state index contributed by atoms with van der Waals surface area (Å²) in [5, 5.41) is 0. The van der Waals surface area contributed by atoms with E-state index in [1.807, 2.05) is 0 Å². The van der Waals surface area contributed by atoms with E-state index in [-0.39, 0.29) is 0 Å². The zero-order valence-electron chi connectivity index (χ0n) is 16.2. The molecule has 2 atom stereocenters. The number of rotatable bonds is 3. The average Bonchev–Trinajstić information content (AvgIpc) is 3.12. The molecule has 2 bridgehead atoms. The van der Waals surface area contributed by atoms with Gasteiger partial charge >= 0.3 is 0 Å². The quantitative estimate of drug-likeness (QED) is 0.754. The fraction of sp³-hybridized carbons (Fsp3) is 1.00. The number of likely N-dealkylation sites (tertiary alicyclic amines) is 1. The van der Waals surface area contributed by atoms with E-state index in [1.54, 1.807) is 0 Å². The second-order valence-corrected chi connectivity index (χ2v) is 11.1. The topological polar surface area (TPSA) is 6.48 Å². The highest BCUT2D eigenvalue weighted by Crippen LogP contribution is 2.53. The van der Waals surface area contributed by atoms with Crippen LogP contribution in [0.4, 0.5) is 0 Å². The molecule has 23 heavy (non-hydrogen) atoms. The first kappa shape index (κ1) is 16.4. The van der Waals surface area contributed by atoms with E-state index in [1.165, 1.54) is 64.6 Å². The van der Waals surface area contributed by atoms with Crippen LogP contribution in [-0.2, 0) is 0 Å². The Labute approximate surface area is 144 Å². The first-order chi connectivity index (χ1) is 10.7. The molecule has 2 heteroatoms. The molecule has 5 fully saturated rings. The van der Waals surface area contributed by atoms with Crippen molar-refractivity contribution < 1.29 is 0 Å². The first-order valence-corrected chi connectivity index (χ1v) is 10.2. The second-order valence-electron chi connectivity index (χ2n) is 11.1. The Hall–Kier alpha value is -0.0800. The largest absolute Gasteiger partial charge is 0.298 e. The lowest BCUT2D eigenvalue weighted by atomic mass is 9.81. The molecule has 0 N–H and O–H groups in total. The molecule has 0 amide bonds. The van der Waals surface area contributed by atoms with Crippen molar-refractivity contribution in [2.75, 3.05) is 19.6 Å². The summed E-state index contributed by atoms with van der Waals surface area (Å²) in [6.07, 6.45) is 10.4. The fourth-order valence-corrected chi connectivity index (χ4v) is 6.48. The normalized spacial score (nSPS) is 41.9. The van der Waals surface area contributed by atoms with Gasteiger partial charge in [-0.05, 0) is 103 Å². The Morgan fingerprint density at radius 1 is 1.04 bits per heavy atom. The molecule has 0 aromatic heterocycles. The van der Waals surface area contributed by atoms with Gasteiger partial charge in [0.25, 0.3) is 0 Å². The molecule has 0 radical (unpaired) electrons. The summed E-state index contributed by atoms with van der Waals surface area (Å²) in [5.74, 6) is 2.02. The Morgan fingerprint density at radius 2 is 1.78 bits per heavy atom. The molecule has 2 aliphatic carbocycles. The maximum absolute atomic E-state index is 2.87. The Bertz CT molecular complexity index is 457. The SMILES string of the molecule is CC(C)(C)N1CCC2(CCC(CC(C)(C)N3CC4CC3C4)C2)C1. The molecule has 0 aromatic carbocycles. The van der Waals surface area contributed by atoms with E-state index in [0.717, 1.165) is 17.9 Å². The monoisotopic (exact) mass is 318 g/mol. The number of fused-ring (bicyclic) bond motifs is 1. The van der Waals surface area contributed by atoms with E-state index in [4.69, 9.17) is 0 Å². The Balaban J connectivity index is 1.36. The Kier molecular flexibility index (Phi) is 3.71. The highest BCUT2D eigenvalue weighted by Gasteiger charge is 2.51. The minimum atomic E-state index is 0.359. The molecular weight excluding hydrogens is 280 g/mol. The average molecular weight is 319 g/mol. The van der Waals surface area contributed by atoms with Crippen LogP contribution in [0.1, 0.15) is 79.6 Å². The highest BCUT2D eigenvalue weighted by atomic mass is 15.3. The van der Waals surface area contributed by atoms with Crippen LogP contribution in [0.15, 0.2) is 0 Å². The van der Waals surface area contributed by atoms with Crippen LogP contribution in [0, 0.1) is 17.3 Å². The van der Waals surface area contributed by atoms with Gasteiger partial charge in [-0.1, -0.05) is 0 Å². The van der Waals surface area contributed by atoms with Gasteiger partial charge in [0.05, 0.1) is 0 Å². The van der Waals surface area contributed by atoms with E-state index in [0.29, 0.717) is 16.5 Å². The number of hydrogen-bond donors (Lipinski definition) is 0. The smallest absolute Gasteiger partial charge is 0.0158 e. The molecule has 132 valence electrons. The maximum atomic E-state index is 2.87. The third-order valence-corrected chi connectivity index (χ3v) is 7.86. The molecule has 3 aliphatic heterocycles. The van der Waals surface area contributed by atoms with Crippen LogP contribution < -0.4 is 0 Å². The summed E-state index contributed by atoms with van der Waals surface area (Å²) in [6, 6.07) is 0.938. The molecule has 5 rings (SSSR count). The van der Waals surface area contributed by atoms with E-state index in [2.05, 4.69) is 44.4 Å². The van der Waals surface area contributed by atoms with Gasteiger partial charge in [-0.25, -0.2) is 0 Å². The lowest BCUT2D eigenvalue weighted by molar-refractivity contribution is 0.0867. The summed E-state index contributed by atoms with van der Waals surface area (Å²) in [4.78, 5) is 5.62. The summed E-state index contributed by atoms with van der Waals surface area (Å²) < 4.78 is 0.